The van der Waals surface area contributed by atoms with Crippen LogP contribution in [0.15, 0.2) is 6.20 Å². The van der Waals surface area contributed by atoms with Crippen LogP contribution >= 0.6 is 0 Å². The number of nitrogens with two attached hydrogens (primary N) is 1. The van der Waals surface area contributed by atoms with Gasteiger partial charge in [0.15, 0.2) is 0 Å². The van der Waals surface area contributed by atoms with Crippen molar-refractivity contribution in [1.29, 1.82) is 0 Å². The van der Waals surface area contributed by atoms with E-state index < -0.39 is 0 Å². The van der Waals surface area contributed by atoms with Crippen LogP contribution in [0.4, 0.5) is 0 Å². The minimum absolute atomic E-state index is 0.173. The number of nitrogens with zero attached hydrogens (tertiary/aromatic N) is 2. The largest absolute Gasteiger partial charge is 0.355 e. The third kappa shape index (κ3) is 2.26. The SMILES string of the molecule is CNC(=O)c1cnc(C)nc1CCN. The van der Waals surface area contributed by atoms with Crippen molar-refractivity contribution < 1.29 is 4.79 Å². The second-order valence-corrected chi connectivity index (χ2v) is 2.90. The second-order valence-electron chi connectivity index (χ2n) is 2.90. The lowest BCUT2D eigenvalue weighted by molar-refractivity contribution is 0.0961. The summed E-state index contributed by atoms with van der Waals surface area (Å²) in [6.45, 7) is 2.26. The van der Waals surface area contributed by atoms with E-state index >= 15 is 0 Å². The topological polar surface area (TPSA) is 80.9 Å². The molecule has 1 rings (SSSR count). The molecule has 5 nitrogen and oxygen atoms in total. The van der Waals surface area contributed by atoms with Gasteiger partial charge >= 0.3 is 0 Å². The van der Waals surface area contributed by atoms with Gasteiger partial charge in [-0.2, -0.15) is 0 Å². The maximum Gasteiger partial charge on any atom is 0.254 e. The summed E-state index contributed by atoms with van der Waals surface area (Å²) in [6.07, 6.45) is 2.12. The molecule has 0 fully saturated rings. The summed E-state index contributed by atoms with van der Waals surface area (Å²) in [7, 11) is 1.58. The first-order valence-electron chi connectivity index (χ1n) is 4.43. The molecule has 0 bridgehead atoms. The summed E-state index contributed by atoms with van der Waals surface area (Å²) in [6, 6.07) is 0. The summed E-state index contributed by atoms with van der Waals surface area (Å²) in [5, 5.41) is 2.54. The summed E-state index contributed by atoms with van der Waals surface area (Å²) in [4.78, 5) is 19.5. The number of amides is 1. The molecule has 0 aliphatic rings. The molecule has 0 aliphatic heterocycles. The fraction of sp³-hybridized carbons (Fsp3) is 0.444. The van der Waals surface area contributed by atoms with Crippen LogP contribution in [0.25, 0.3) is 0 Å². The molecule has 0 aromatic carbocycles. The number of hydrogen-bond donors (Lipinski definition) is 2. The van der Waals surface area contributed by atoms with E-state index in [4.69, 9.17) is 5.73 Å². The highest BCUT2D eigenvalue weighted by Crippen LogP contribution is 2.05. The van der Waals surface area contributed by atoms with Crippen molar-refractivity contribution in [1.82, 2.24) is 15.3 Å². The minimum Gasteiger partial charge on any atom is -0.355 e. The Hall–Kier alpha value is -1.49. The van der Waals surface area contributed by atoms with Crippen molar-refractivity contribution in [2.45, 2.75) is 13.3 Å². The van der Waals surface area contributed by atoms with Gasteiger partial charge < -0.3 is 11.1 Å². The van der Waals surface area contributed by atoms with Crippen LogP contribution in [-0.2, 0) is 6.42 Å². The van der Waals surface area contributed by atoms with Crippen LogP contribution in [0, 0.1) is 6.92 Å². The van der Waals surface area contributed by atoms with Crippen LogP contribution in [0.5, 0.6) is 0 Å². The molecular weight excluding hydrogens is 180 g/mol. The lowest BCUT2D eigenvalue weighted by Crippen LogP contribution is -2.22. The van der Waals surface area contributed by atoms with Gasteiger partial charge in [-0.25, -0.2) is 9.97 Å². The molecule has 0 saturated heterocycles. The predicted octanol–water partition coefficient (Wildman–Crippen LogP) is -0.354. The van der Waals surface area contributed by atoms with Crippen molar-refractivity contribution in [3.05, 3.63) is 23.3 Å². The van der Waals surface area contributed by atoms with E-state index in [2.05, 4.69) is 15.3 Å². The van der Waals surface area contributed by atoms with Gasteiger partial charge in [0.25, 0.3) is 5.91 Å². The summed E-state index contributed by atoms with van der Waals surface area (Å²) < 4.78 is 0. The quantitative estimate of drug-likeness (QED) is 0.689. The second kappa shape index (κ2) is 4.66. The standard InChI is InChI=1S/C9H14N4O/c1-6-12-5-7(9(14)11-2)8(13-6)3-4-10/h5H,3-4,10H2,1-2H3,(H,11,14). The van der Waals surface area contributed by atoms with Crippen LogP contribution in [-0.4, -0.2) is 29.5 Å². The van der Waals surface area contributed by atoms with Crippen molar-refractivity contribution in [3.8, 4) is 0 Å². The third-order valence-electron chi connectivity index (χ3n) is 1.84. The zero-order valence-corrected chi connectivity index (χ0v) is 8.37. The number of hydrogen-bond acceptors (Lipinski definition) is 4. The Morgan fingerprint density at radius 2 is 2.36 bits per heavy atom. The van der Waals surface area contributed by atoms with Crippen molar-refractivity contribution in [3.63, 3.8) is 0 Å². The Balaban J connectivity index is 3.07. The molecule has 1 heterocycles. The average Bonchev–Trinajstić information content (AvgIpc) is 2.17. The van der Waals surface area contributed by atoms with Crippen LogP contribution in [0.1, 0.15) is 21.9 Å². The average molecular weight is 194 g/mol. The Labute approximate surface area is 82.7 Å². The van der Waals surface area contributed by atoms with Gasteiger partial charge in [-0.1, -0.05) is 0 Å². The number of rotatable bonds is 3. The van der Waals surface area contributed by atoms with Gasteiger partial charge in [0, 0.05) is 19.7 Å². The minimum atomic E-state index is -0.173. The molecule has 0 aliphatic carbocycles. The van der Waals surface area contributed by atoms with Gasteiger partial charge in [-0.3, -0.25) is 4.79 Å². The highest BCUT2D eigenvalue weighted by molar-refractivity contribution is 5.94. The molecule has 76 valence electrons. The van der Waals surface area contributed by atoms with Gasteiger partial charge in [0.2, 0.25) is 0 Å². The lowest BCUT2D eigenvalue weighted by atomic mass is 10.1. The zero-order chi connectivity index (χ0) is 10.6. The lowest BCUT2D eigenvalue weighted by Gasteiger charge is -2.06. The number of aromatic nitrogens is 2. The summed E-state index contributed by atoms with van der Waals surface area (Å²) in [5.74, 6) is 0.481. The molecule has 3 N–H and O–H groups in total. The molecule has 0 radical (unpaired) electrons. The Kier molecular flexibility index (Phi) is 3.53. The van der Waals surface area contributed by atoms with Gasteiger partial charge in [-0.15, -0.1) is 0 Å². The molecule has 0 spiro atoms. The predicted molar refractivity (Wildman–Crippen MR) is 52.9 cm³/mol. The maximum atomic E-state index is 11.4. The molecule has 0 atom stereocenters. The highest BCUT2D eigenvalue weighted by atomic mass is 16.1. The molecule has 0 unspecified atom stereocenters. The summed E-state index contributed by atoms with van der Waals surface area (Å²) >= 11 is 0. The number of aryl methyl sites for hydroxylation is 1. The molecule has 0 saturated carbocycles. The Morgan fingerprint density at radius 1 is 1.64 bits per heavy atom. The first-order valence-corrected chi connectivity index (χ1v) is 4.43. The number of carbonyl (C=O) groups excluding carboxylic acids is 1. The summed E-state index contributed by atoms with van der Waals surface area (Å²) in [5.41, 5.74) is 6.64. The monoisotopic (exact) mass is 194 g/mol. The Morgan fingerprint density at radius 3 is 2.93 bits per heavy atom. The van der Waals surface area contributed by atoms with Crippen LogP contribution in [0.3, 0.4) is 0 Å². The molecule has 1 amide bonds. The van der Waals surface area contributed by atoms with E-state index in [1.165, 1.54) is 6.20 Å². The zero-order valence-electron chi connectivity index (χ0n) is 8.37. The molecule has 14 heavy (non-hydrogen) atoms. The van der Waals surface area contributed by atoms with Crippen molar-refractivity contribution >= 4 is 5.91 Å². The molecule has 1 aromatic rings. The van der Waals surface area contributed by atoms with Crippen LogP contribution in [0.2, 0.25) is 0 Å². The van der Waals surface area contributed by atoms with E-state index in [1.54, 1.807) is 14.0 Å². The molecular formula is C9H14N4O. The van der Waals surface area contributed by atoms with Gasteiger partial charge in [0.1, 0.15) is 5.82 Å². The normalized spacial score (nSPS) is 9.93. The first kappa shape index (κ1) is 10.6. The fourth-order valence-corrected chi connectivity index (χ4v) is 1.17. The Bertz CT molecular complexity index is 338. The maximum absolute atomic E-state index is 11.4. The fourth-order valence-electron chi connectivity index (χ4n) is 1.17. The van der Waals surface area contributed by atoms with E-state index in [-0.39, 0.29) is 5.91 Å². The molecule has 5 heteroatoms. The smallest absolute Gasteiger partial charge is 0.254 e. The van der Waals surface area contributed by atoms with Crippen molar-refractivity contribution in [2.75, 3.05) is 13.6 Å². The van der Waals surface area contributed by atoms with E-state index in [0.717, 1.165) is 0 Å². The van der Waals surface area contributed by atoms with E-state index in [0.29, 0.717) is 30.0 Å². The van der Waals surface area contributed by atoms with E-state index in [9.17, 15) is 4.79 Å². The van der Waals surface area contributed by atoms with Crippen LogP contribution < -0.4 is 11.1 Å². The third-order valence-corrected chi connectivity index (χ3v) is 1.84. The van der Waals surface area contributed by atoms with Gasteiger partial charge in [0.05, 0.1) is 11.3 Å². The number of nitrogens with one attached hydrogen (secondary N) is 1. The van der Waals surface area contributed by atoms with Gasteiger partial charge in [-0.05, 0) is 13.5 Å². The molecule has 1 aromatic heterocycles. The first-order chi connectivity index (χ1) is 6.69. The number of carbonyl (C=O) groups is 1. The van der Waals surface area contributed by atoms with E-state index in [1.807, 2.05) is 0 Å². The highest BCUT2D eigenvalue weighted by Gasteiger charge is 2.11. The van der Waals surface area contributed by atoms with Crippen molar-refractivity contribution in [2.24, 2.45) is 5.73 Å².